The summed E-state index contributed by atoms with van der Waals surface area (Å²) in [7, 11) is 0. The largest absolute Gasteiger partial charge is 0.354 e. The van der Waals surface area contributed by atoms with Gasteiger partial charge in [0, 0.05) is 0 Å². The Hall–Kier alpha value is -0.870. The number of nitrogens with two attached hydrogens (primary N) is 1. The van der Waals surface area contributed by atoms with Gasteiger partial charge in [0.1, 0.15) is 11.6 Å². The molecule has 0 saturated carbocycles. The fourth-order valence-corrected chi connectivity index (χ4v) is 1.89. The van der Waals surface area contributed by atoms with Crippen LogP contribution in [0.1, 0.15) is 20.3 Å². The second-order valence-corrected chi connectivity index (χ2v) is 3.96. The third kappa shape index (κ3) is 1.96. The molecule has 1 aliphatic heterocycles. The van der Waals surface area contributed by atoms with Crippen molar-refractivity contribution in [2.45, 2.75) is 32.0 Å². The van der Waals surface area contributed by atoms with Crippen molar-refractivity contribution in [3.05, 3.63) is 12.7 Å². The highest BCUT2D eigenvalue weighted by atomic mass is 16.5. The summed E-state index contributed by atoms with van der Waals surface area (Å²) in [5.74, 6) is 0.430. The lowest BCUT2D eigenvalue weighted by molar-refractivity contribution is -0.0226. The van der Waals surface area contributed by atoms with Crippen molar-refractivity contribution in [2.24, 2.45) is 5.73 Å². The fourth-order valence-electron chi connectivity index (χ4n) is 1.89. The number of hydrogen-bond donors (Lipinski definition) is 2. The Morgan fingerprint density at radius 1 is 1.79 bits per heavy atom. The molecule has 80 valence electrons. The van der Waals surface area contributed by atoms with E-state index in [9.17, 15) is 0 Å². The summed E-state index contributed by atoms with van der Waals surface area (Å²) in [5, 5.41) is 7.79. The van der Waals surface area contributed by atoms with Gasteiger partial charge >= 0.3 is 0 Å². The monoisotopic (exact) mass is 197 g/mol. The summed E-state index contributed by atoms with van der Waals surface area (Å²) in [6.45, 7) is 8.52. The van der Waals surface area contributed by atoms with Crippen LogP contribution in [0.5, 0.6) is 0 Å². The predicted molar refractivity (Wildman–Crippen MR) is 57.3 cm³/mol. The van der Waals surface area contributed by atoms with E-state index >= 15 is 0 Å². The van der Waals surface area contributed by atoms with E-state index in [0.717, 1.165) is 6.42 Å². The first-order valence-electron chi connectivity index (χ1n) is 4.84. The summed E-state index contributed by atoms with van der Waals surface area (Å²) >= 11 is 0. The number of rotatable bonds is 3. The van der Waals surface area contributed by atoms with Gasteiger partial charge in [-0.2, -0.15) is 0 Å². The van der Waals surface area contributed by atoms with Crippen molar-refractivity contribution < 1.29 is 4.74 Å². The topological polar surface area (TPSA) is 62.3 Å². The molecule has 1 fully saturated rings. The van der Waals surface area contributed by atoms with Gasteiger partial charge in [0.2, 0.25) is 0 Å². The maximum Gasteiger partial charge on any atom is 0.136 e. The van der Waals surface area contributed by atoms with Gasteiger partial charge in [0.15, 0.2) is 0 Å². The van der Waals surface area contributed by atoms with Crippen LogP contribution >= 0.6 is 0 Å². The number of nitrogens with zero attached hydrogens (tertiary/aromatic N) is 1. The molecule has 0 aromatic carbocycles. The van der Waals surface area contributed by atoms with Crippen molar-refractivity contribution in [1.29, 1.82) is 5.41 Å². The molecule has 0 aromatic rings. The van der Waals surface area contributed by atoms with Crippen LogP contribution in [0.15, 0.2) is 12.7 Å². The molecule has 0 spiro atoms. The van der Waals surface area contributed by atoms with Crippen LogP contribution < -0.4 is 5.73 Å². The molecule has 1 aliphatic rings. The highest BCUT2D eigenvalue weighted by Crippen LogP contribution is 2.28. The number of ether oxygens (including phenoxy) is 1. The smallest absolute Gasteiger partial charge is 0.136 e. The second-order valence-electron chi connectivity index (χ2n) is 3.96. The highest BCUT2D eigenvalue weighted by molar-refractivity contribution is 5.82. The Morgan fingerprint density at radius 2 is 2.43 bits per heavy atom. The van der Waals surface area contributed by atoms with Gasteiger partial charge in [-0.25, -0.2) is 0 Å². The Morgan fingerprint density at radius 3 is 2.93 bits per heavy atom. The third-order valence-electron chi connectivity index (χ3n) is 2.50. The molecule has 1 rings (SSSR count). The molecule has 14 heavy (non-hydrogen) atoms. The molecule has 0 bridgehead atoms. The first-order chi connectivity index (χ1) is 6.53. The second kappa shape index (κ2) is 4.11. The first kappa shape index (κ1) is 11.2. The van der Waals surface area contributed by atoms with Crippen LogP contribution in [0, 0.1) is 5.41 Å². The van der Waals surface area contributed by atoms with Crippen LogP contribution in [0.4, 0.5) is 0 Å². The number of nitrogens with one attached hydrogen (secondary N) is 1. The van der Waals surface area contributed by atoms with E-state index in [1.54, 1.807) is 0 Å². The predicted octanol–water partition coefficient (Wildman–Crippen LogP) is 0.935. The van der Waals surface area contributed by atoms with Crippen LogP contribution in [0.3, 0.4) is 0 Å². The summed E-state index contributed by atoms with van der Waals surface area (Å²) in [6.07, 6.45) is 2.68. The number of amidine groups is 1. The zero-order valence-corrected chi connectivity index (χ0v) is 8.92. The van der Waals surface area contributed by atoms with Crippen LogP contribution in [0.2, 0.25) is 0 Å². The van der Waals surface area contributed by atoms with Gasteiger partial charge in [-0.15, -0.1) is 6.58 Å². The Labute approximate surface area is 85.2 Å². The molecule has 0 aliphatic carbocycles. The van der Waals surface area contributed by atoms with E-state index in [0.29, 0.717) is 12.4 Å². The molecule has 0 amide bonds. The summed E-state index contributed by atoms with van der Waals surface area (Å²) in [4.78, 5) is 1.94. The molecular weight excluding hydrogens is 178 g/mol. The van der Waals surface area contributed by atoms with Crippen LogP contribution in [-0.2, 0) is 4.74 Å². The molecule has 3 N–H and O–H groups in total. The van der Waals surface area contributed by atoms with Gasteiger partial charge in [0.25, 0.3) is 0 Å². The van der Waals surface area contributed by atoms with Crippen molar-refractivity contribution in [3.63, 3.8) is 0 Å². The average Bonchev–Trinajstić information content (AvgIpc) is 2.41. The standard InChI is InChI=1S/C10H19N3O/c1-4-5-8-7-14-10(2,3)13(8)9(12)6-11/h4,8,12H,1,5-7,11H2,2-3H3. The minimum absolute atomic E-state index is 0.207. The third-order valence-corrected chi connectivity index (χ3v) is 2.50. The molecule has 0 aromatic heterocycles. The van der Waals surface area contributed by atoms with Crippen molar-refractivity contribution in [2.75, 3.05) is 13.2 Å². The first-order valence-corrected chi connectivity index (χ1v) is 4.84. The van der Waals surface area contributed by atoms with Crippen LogP contribution in [0.25, 0.3) is 0 Å². The van der Waals surface area contributed by atoms with Gasteiger partial charge in [-0.3, -0.25) is 5.41 Å². The van der Waals surface area contributed by atoms with Crippen molar-refractivity contribution in [1.82, 2.24) is 4.90 Å². The van der Waals surface area contributed by atoms with Gasteiger partial charge in [-0.05, 0) is 20.3 Å². The van der Waals surface area contributed by atoms with Gasteiger partial charge in [0.05, 0.1) is 19.2 Å². The summed E-state index contributed by atoms with van der Waals surface area (Å²) in [5.41, 5.74) is 5.07. The van der Waals surface area contributed by atoms with Gasteiger partial charge in [-0.1, -0.05) is 6.08 Å². The number of hydrogen-bond acceptors (Lipinski definition) is 3. The van der Waals surface area contributed by atoms with Gasteiger partial charge < -0.3 is 15.4 Å². The Balaban J connectivity index is 2.80. The van der Waals surface area contributed by atoms with E-state index in [1.165, 1.54) is 0 Å². The molecule has 4 nitrogen and oxygen atoms in total. The minimum Gasteiger partial charge on any atom is -0.354 e. The van der Waals surface area contributed by atoms with E-state index in [1.807, 2.05) is 24.8 Å². The molecule has 1 saturated heterocycles. The molecule has 0 radical (unpaired) electrons. The normalized spacial score (nSPS) is 25.1. The van der Waals surface area contributed by atoms with E-state index in [2.05, 4.69) is 6.58 Å². The zero-order valence-electron chi connectivity index (χ0n) is 8.92. The Kier molecular flexibility index (Phi) is 3.29. The molecule has 1 unspecified atom stereocenters. The van der Waals surface area contributed by atoms with E-state index in [-0.39, 0.29) is 12.6 Å². The molecule has 1 heterocycles. The highest BCUT2D eigenvalue weighted by Gasteiger charge is 2.40. The maximum atomic E-state index is 7.79. The molecule has 1 atom stereocenters. The van der Waals surface area contributed by atoms with E-state index in [4.69, 9.17) is 15.9 Å². The molecule has 4 heteroatoms. The minimum atomic E-state index is -0.413. The quantitative estimate of drug-likeness (QED) is 0.402. The molecular formula is C10H19N3O. The maximum absolute atomic E-state index is 7.79. The van der Waals surface area contributed by atoms with Crippen molar-refractivity contribution in [3.8, 4) is 0 Å². The van der Waals surface area contributed by atoms with Crippen LogP contribution in [-0.4, -0.2) is 35.7 Å². The van der Waals surface area contributed by atoms with Crippen molar-refractivity contribution >= 4 is 5.84 Å². The lowest BCUT2D eigenvalue weighted by Gasteiger charge is -2.35. The average molecular weight is 197 g/mol. The lowest BCUT2D eigenvalue weighted by Crippen LogP contribution is -2.49. The van der Waals surface area contributed by atoms with E-state index < -0.39 is 5.72 Å². The summed E-state index contributed by atoms with van der Waals surface area (Å²) in [6, 6.07) is 0.207. The fraction of sp³-hybridized carbons (Fsp3) is 0.700. The Bertz CT molecular complexity index is 238. The SMILES string of the molecule is C=CCC1COC(C)(C)N1C(=N)CN. The summed E-state index contributed by atoms with van der Waals surface area (Å²) < 4.78 is 5.62. The lowest BCUT2D eigenvalue weighted by atomic mass is 10.1. The zero-order chi connectivity index (χ0) is 10.8.